The minimum atomic E-state index is 0. The Kier molecular flexibility index (Phi) is 312. The molecule has 0 aromatic rings. The number of rotatable bonds is 3. The van der Waals surface area contributed by atoms with E-state index in [0.29, 0.717) is 0 Å². The smallest absolute Gasteiger partial charge is 0 e. The summed E-state index contributed by atoms with van der Waals surface area (Å²) in [4.78, 5) is 0. The molecule has 7 heteroatoms. The van der Waals surface area contributed by atoms with Crippen molar-refractivity contribution in [3.63, 3.8) is 0 Å². The van der Waals surface area contributed by atoms with Crippen LogP contribution in [-0.2, 0) is 31.3 Å². The average Bonchev–Trinajstić information content (AvgIpc) is 2.53. The molecule has 0 aliphatic heterocycles. The van der Waals surface area contributed by atoms with Gasteiger partial charge in [0.2, 0.25) is 0 Å². The Balaban J connectivity index is -0.0000000186. The van der Waals surface area contributed by atoms with Crippen LogP contribution in [0.2, 0.25) is 0 Å². The summed E-state index contributed by atoms with van der Waals surface area (Å²) in [6.45, 7) is 23.9. The standard InChI is InChI=1S/3C3H7P.3CO.Cr/c3*1-2-3-4;3*1-2;/h3*2H,1,3-4H2;;;;. The van der Waals surface area contributed by atoms with Crippen LogP contribution >= 0.6 is 27.7 Å². The van der Waals surface area contributed by atoms with Crippen LogP contribution in [0.3, 0.4) is 0 Å². The summed E-state index contributed by atoms with van der Waals surface area (Å²) < 4.78 is 22.5. The molecule has 0 aliphatic carbocycles. The van der Waals surface area contributed by atoms with Crippen molar-refractivity contribution in [2.24, 2.45) is 0 Å². The van der Waals surface area contributed by atoms with E-state index in [9.17, 15) is 0 Å². The molecule has 0 bridgehead atoms. The van der Waals surface area contributed by atoms with Crippen molar-refractivity contribution in [1.29, 1.82) is 0 Å². The van der Waals surface area contributed by atoms with Gasteiger partial charge in [0.05, 0.1) is 0 Å². The van der Waals surface area contributed by atoms with Gasteiger partial charge in [0.1, 0.15) is 0 Å². The van der Waals surface area contributed by atoms with E-state index in [-0.39, 0.29) is 17.4 Å². The summed E-state index contributed by atoms with van der Waals surface area (Å²) in [5, 5.41) is 0. The van der Waals surface area contributed by atoms with Crippen LogP contribution in [0.5, 0.6) is 0 Å². The Morgan fingerprint density at radius 3 is 0.684 bits per heavy atom. The second-order valence-corrected chi connectivity index (χ2v) is 2.99. The maximum Gasteiger partial charge on any atom is 0 e. The minimum Gasteiger partial charge on any atom is 0 e. The first kappa shape index (κ1) is 42.7. The molecule has 0 aliphatic rings. The van der Waals surface area contributed by atoms with Gasteiger partial charge in [0.25, 0.3) is 0 Å². The van der Waals surface area contributed by atoms with E-state index in [1.54, 1.807) is 0 Å². The first-order valence-corrected chi connectivity index (χ1v) is 6.74. The van der Waals surface area contributed by atoms with Crippen LogP contribution in [-0.4, -0.2) is 18.5 Å². The molecule has 0 saturated carbocycles. The van der Waals surface area contributed by atoms with Crippen molar-refractivity contribution < 1.29 is 31.3 Å². The molecule has 0 fully saturated rings. The zero-order valence-corrected chi connectivity index (χ0v) is 15.6. The molecule has 0 amide bonds. The number of hydrogen-bond acceptors (Lipinski definition) is 0. The molecule has 0 radical (unpaired) electrons. The van der Waals surface area contributed by atoms with E-state index in [1.165, 1.54) is 0 Å². The van der Waals surface area contributed by atoms with Gasteiger partial charge in [-0.15, -0.1) is 47.5 Å². The summed E-state index contributed by atoms with van der Waals surface area (Å²) >= 11 is 0. The molecule has 3 unspecified atom stereocenters. The van der Waals surface area contributed by atoms with E-state index >= 15 is 0 Å². The second kappa shape index (κ2) is 139. The average molecular weight is 358 g/mol. The molecule has 0 saturated heterocycles. The van der Waals surface area contributed by atoms with Crippen molar-refractivity contribution in [2.75, 3.05) is 18.5 Å². The molecule has 3 nitrogen and oxygen atoms in total. The minimum absolute atomic E-state index is 0. The van der Waals surface area contributed by atoms with Gasteiger partial charge >= 0.3 is 33.9 Å². The fourth-order valence-electron chi connectivity index (χ4n) is 0. The third-order valence-electron chi connectivity index (χ3n) is 0.500. The molecule has 3 atom stereocenters. The Bertz CT molecular complexity index is 159. The first-order valence-electron chi connectivity index (χ1n) is 4.29. The fraction of sp³-hybridized carbons (Fsp3) is 0.250. The molecule has 19 heavy (non-hydrogen) atoms. The second-order valence-electron chi connectivity index (χ2n) is 1.57. The van der Waals surface area contributed by atoms with E-state index in [1.807, 2.05) is 18.2 Å². The number of allylic oxidation sites excluding steroid dienone is 3. The third kappa shape index (κ3) is 454. The molecule has 0 aromatic carbocycles. The maximum absolute atomic E-state index is 7.50. The predicted molar refractivity (Wildman–Crippen MR) is 86.1 cm³/mol. The Hall–Kier alpha value is 0.262. The number of hydrogen-bond donors (Lipinski definition) is 0. The molecular formula is C12H21CrO3P3. The molecular weight excluding hydrogens is 337 g/mol. The van der Waals surface area contributed by atoms with Gasteiger partial charge in [-0.1, -0.05) is 18.2 Å². The van der Waals surface area contributed by atoms with E-state index < -0.39 is 0 Å². The van der Waals surface area contributed by atoms with Gasteiger partial charge in [-0.25, -0.2) is 0 Å². The third-order valence-corrected chi connectivity index (χ3v) is 1.50. The van der Waals surface area contributed by atoms with E-state index in [4.69, 9.17) is 14.0 Å². The van der Waals surface area contributed by atoms with Crippen LogP contribution in [0.15, 0.2) is 38.0 Å². The van der Waals surface area contributed by atoms with Crippen LogP contribution in [0.25, 0.3) is 0 Å². The summed E-state index contributed by atoms with van der Waals surface area (Å²) in [5.41, 5.74) is 0. The normalized spacial score (nSPS) is 4.26. The summed E-state index contributed by atoms with van der Waals surface area (Å²) in [5.74, 6) is 0. The molecule has 108 valence electrons. The van der Waals surface area contributed by atoms with Crippen molar-refractivity contribution in [3.05, 3.63) is 57.9 Å². The maximum atomic E-state index is 7.50. The largest absolute Gasteiger partial charge is 0 e. The Morgan fingerprint density at radius 1 is 0.632 bits per heavy atom. The quantitative estimate of drug-likeness (QED) is 0.322. The topological polar surface area (TPSA) is 59.7 Å². The fourth-order valence-corrected chi connectivity index (χ4v) is 0. The zero-order chi connectivity index (χ0) is 16.2. The van der Waals surface area contributed by atoms with Gasteiger partial charge in [-0.3, -0.25) is 0 Å². The van der Waals surface area contributed by atoms with Crippen LogP contribution in [0.1, 0.15) is 0 Å². The van der Waals surface area contributed by atoms with Crippen molar-refractivity contribution in [1.82, 2.24) is 0 Å². The SMILES string of the molecule is C=CCP.C=CCP.C=CCP.[C-]#[O+].[C-]#[O+].[C-]#[O+].[Cr]. The summed E-state index contributed by atoms with van der Waals surface area (Å²) in [6.07, 6.45) is 8.51. The Morgan fingerprint density at radius 2 is 0.684 bits per heavy atom. The summed E-state index contributed by atoms with van der Waals surface area (Å²) in [7, 11) is 7.61. The molecule has 0 spiro atoms. The predicted octanol–water partition coefficient (Wildman–Crippen LogP) is 3.03. The van der Waals surface area contributed by atoms with Crippen molar-refractivity contribution >= 4 is 27.7 Å². The van der Waals surface area contributed by atoms with E-state index in [2.05, 4.69) is 67.4 Å². The summed E-state index contributed by atoms with van der Waals surface area (Å²) in [6, 6.07) is 0. The molecule has 0 N–H and O–H groups in total. The van der Waals surface area contributed by atoms with Gasteiger partial charge in [-0.05, 0) is 18.5 Å². The van der Waals surface area contributed by atoms with Gasteiger partial charge < -0.3 is 0 Å². The molecule has 0 heterocycles. The van der Waals surface area contributed by atoms with Crippen LogP contribution in [0, 0.1) is 20.0 Å². The molecule has 0 rings (SSSR count). The van der Waals surface area contributed by atoms with Crippen molar-refractivity contribution in [3.8, 4) is 0 Å². The first-order chi connectivity index (χ1) is 8.74. The van der Waals surface area contributed by atoms with Crippen LogP contribution < -0.4 is 0 Å². The van der Waals surface area contributed by atoms with Gasteiger partial charge in [0.15, 0.2) is 0 Å². The van der Waals surface area contributed by atoms with Gasteiger partial charge in [0, 0.05) is 17.4 Å². The van der Waals surface area contributed by atoms with Crippen molar-refractivity contribution in [2.45, 2.75) is 0 Å². The van der Waals surface area contributed by atoms with Crippen LogP contribution in [0.4, 0.5) is 0 Å². The van der Waals surface area contributed by atoms with Gasteiger partial charge in [-0.2, -0.15) is 0 Å². The molecule has 0 aromatic heterocycles. The monoisotopic (exact) mass is 358 g/mol. The Labute approximate surface area is 135 Å². The zero-order valence-electron chi connectivity index (χ0n) is 10.8. The van der Waals surface area contributed by atoms with E-state index in [0.717, 1.165) is 18.5 Å².